The molecule has 16 heteroatoms. The number of hydrogen-bond acceptors (Lipinski definition) is 14. The molecular weight excluding hydrogens is 891 g/mol. The average molecular weight is 972 g/mol. The molecule has 1 aliphatic carbocycles. The topological polar surface area (TPSA) is 222 Å². The summed E-state index contributed by atoms with van der Waals surface area (Å²) in [6.07, 6.45) is 10.7. The van der Waals surface area contributed by atoms with E-state index < -0.39 is 96.4 Å². The Morgan fingerprint density at radius 2 is 1.59 bits per heavy atom. The second-order valence-corrected chi connectivity index (χ2v) is 20.3. The summed E-state index contributed by atoms with van der Waals surface area (Å²) < 4.78 is 35.4. The number of carbonyl (C=O) groups is 6. The minimum Gasteiger partial charge on any atom is -0.480 e. The molecule has 16 nitrogen and oxygen atoms in total. The first kappa shape index (κ1) is 57.7. The molecule has 15 atom stereocenters. The number of cyclic esters (lactones) is 1. The largest absolute Gasteiger partial charge is 0.480 e. The number of aliphatic hydroxyl groups excluding tert-OH is 1. The molecule has 4 aliphatic rings. The lowest BCUT2D eigenvalue weighted by atomic mass is 9.78. The van der Waals surface area contributed by atoms with Gasteiger partial charge < -0.3 is 48.6 Å². The summed E-state index contributed by atoms with van der Waals surface area (Å²) in [5.41, 5.74) is 1.26. The number of carboxylic acids is 1. The zero-order valence-electron chi connectivity index (χ0n) is 42.6. The minimum atomic E-state index is -2.45. The molecule has 3 fully saturated rings. The first-order valence-electron chi connectivity index (χ1n) is 25.0. The zero-order valence-corrected chi connectivity index (χ0v) is 42.6. The molecule has 0 radical (unpaired) electrons. The van der Waals surface area contributed by atoms with Gasteiger partial charge in [0.05, 0.1) is 24.4 Å². The minimum absolute atomic E-state index is 0.0397. The number of esters is 1. The van der Waals surface area contributed by atoms with Gasteiger partial charge in [-0.05, 0) is 107 Å². The van der Waals surface area contributed by atoms with Gasteiger partial charge in [-0.1, -0.05) is 71.1 Å². The van der Waals surface area contributed by atoms with Crippen LogP contribution in [0.4, 0.5) is 0 Å². The molecule has 2 saturated heterocycles. The maximum atomic E-state index is 14.5. The Hall–Kier alpha value is -3.90. The van der Waals surface area contributed by atoms with Crippen molar-refractivity contribution in [2.24, 2.45) is 35.5 Å². The Bertz CT molecular complexity index is 1890. The molecule has 0 spiro atoms. The number of piperidine rings is 1. The van der Waals surface area contributed by atoms with Crippen LogP contribution in [-0.4, -0.2) is 144 Å². The second kappa shape index (κ2) is 27.1. The van der Waals surface area contributed by atoms with Gasteiger partial charge >= 0.3 is 11.9 Å². The van der Waals surface area contributed by atoms with Crippen LogP contribution >= 0.6 is 0 Å². The van der Waals surface area contributed by atoms with Gasteiger partial charge in [0.25, 0.3) is 11.7 Å². The number of hydrogen-bond donors (Lipinski definition) is 3. The number of carbonyl (C=O) groups excluding carboxylic acids is 5. The van der Waals surface area contributed by atoms with Crippen molar-refractivity contribution in [3.05, 3.63) is 47.6 Å². The van der Waals surface area contributed by atoms with Crippen molar-refractivity contribution in [2.75, 3.05) is 34.5 Å². The van der Waals surface area contributed by atoms with Gasteiger partial charge in [-0.25, -0.2) is 9.59 Å². The van der Waals surface area contributed by atoms with Crippen molar-refractivity contribution < 1.29 is 72.5 Å². The van der Waals surface area contributed by atoms with E-state index in [9.17, 15) is 44.1 Å². The number of aliphatic hydroxyl groups is 2. The Kier molecular flexibility index (Phi) is 22.6. The monoisotopic (exact) mass is 972 g/mol. The molecule has 1 amide bonds. The summed E-state index contributed by atoms with van der Waals surface area (Å²) in [6, 6.07) is -1.17. The van der Waals surface area contributed by atoms with E-state index in [-0.39, 0.29) is 54.8 Å². The normalized spacial score (nSPS) is 38.7. The van der Waals surface area contributed by atoms with Crippen LogP contribution in [0.1, 0.15) is 126 Å². The lowest BCUT2D eigenvalue weighted by Gasteiger charge is -2.42. The Balaban J connectivity index is 1.75. The molecule has 2 bridgehead atoms. The highest BCUT2D eigenvalue weighted by Gasteiger charge is 2.53. The quantitative estimate of drug-likeness (QED) is 0.131. The SMILES string of the molecule is CO[C@H]1C[C@@H]2CC[C@@H](C)[C@@](O)(O2)C(=O)C(=O)N2CCCC[C@H]2C(=O)O[C@H]([C@H](C)C[C@@H]2CC[C@@H](O)[C@H](OC)C2)CC(=O)[C@H](C)/C=C(\C)[C@@H](OCC(=O)O)[C@@H](OC)C(=O)[C@H](C)C[C@H](C)/C=C/C=C/C=C/1C. The third-order valence-corrected chi connectivity index (χ3v) is 14.8. The Morgan fingerprint density at radius 3 is 2.26 bits per heavy atom. The summed E-state index contributed by atoms with van der Waals surface area (Å²) in [4.78, 5) is 84.3. The standard InChI is InChI=1S/C53H81NO15/c1-31-16-12-11-13-17-32(2)43(64-8)28-39-21-19-37(7)53(63,69-39)50(60)51(61)54-23-15-14-18-40(54)52(62)68-44(34(4)26-38-20-22-41(55)45(27-38)65-9)29-42(56)33(3)25-36(6)48(67-30-46(57)58)49(66-10)47(59)35(5)24-31/h11-13,16-17,25,31,33-35,37-41,43-45,48-49,55,63H,14-15,18-24,26-30H2,1-10H3,(H,57,58)/b13-11+,16-12+,32-17+,36-25+/t31-,33-,34-,35-,37-,38+,39+,40+,41-,43+,44+,45-,48-,49+,53-/m1/s1. The van der Waals surface area contributed by atoms with E-state index in [1.807, 2.05) is 51.2 Å². The maximum absolute atomic E-state index is 14.5. The van der Waals surface area contributed by atoms with E-state index in [2.05, 4.69) is 0 Å². The highest BCUT2D eigenvalue weighted by atomic mass is 16.6. The summed E-state index contributed by atoms with van der Waals surface area (Å²) in [5, 5.41) is 32.1. The lowest BCUT2D eigenvalue weighted by molar-refractivity contribution is -0.265. The number of allylic oxidation sites excluding steroid dienone is 6. The molecule has 0 aromatic heterocycles. The van der Waals surface area contributed by atoms with Crippen LogP contribution in [0, 0.1) is 35.5 Å². The van der Waals surface area contributed by atoms with E-state index >= 15 is 0 Å². The van der Waals surface area contributed by atoms with Crippen LogP contribution in [0.2, 0.25) is 0 Å². The number of ketones is 3. The predicted molar refractivity (Wildman–Crippen MR) is 257 cm³/mol. The first-order chi connectivity index (χ1) is 32.6. The summed E-state index contributed by atoms with van der Waals surface area (Å²) in [7, 11) is 4.47. The first-order valence-corrected chi connectivity index (χ1v) is 25.0. The molecule has 388 valence electrons. The summed E-state index contributed by atoms with van der Waals surface area (Å²) in [6.45, 7) is 11.9. The number of fused-ring (bicyclic) bond motifs is 3. The van der Waals surface area contributed by atoms with Gasteiger partial charge in [0, 0.05) is 58.5 Å². The lowest BCUT2D eigenvalue weighted by Crippen LogP contribution is -2.61. The fraction of sp³-hybridized carbons (Fsp3) is 0.736. The third-order valence-electron chi connectivity index (χ3n) is 14.8. The van der Waals surface area contributed by atoms with Gasteiger partial charge in [-0.2, -0.15) is 0 Å². The molecule has 3 N–H and O–H groups in total. The molecule has 0 unspecified atom stereocenters. The molecule has 0 aromatic carbocycles. The fourth-order valence-corrected chi connectivity index (χ4v) is 10.5. The van der Waals surface area contributed by atoms with E-state index in [4.69, 9.17) is 28.4 Å². The second-order valence-electron chi connectivity index (χ2n) is 20.3. The van der Waals surface area contributed by atoms with Crippen molar-refractivity contribution in [3.63, 3.8) is 0 Å². The highest BCUT2D eigenvalue weighted by molar-refractivity contribution is 6.39. The number of ether oxygens (including phenoxy) is 6. The van der Waals surface area contributed by atoms with E-state index in [1.165, 1.54) is 12.0 Å². The van der Waals surface area contributed by atoms with Crippen molar-refractivity contribution in [2.45, 2.75) is 180 Å². The van der Waals surface area contributed by atoms with Gasteiger partial charge in [0.1, 0.15) is 36.7 Å². The molecular formula is C53H81NO15. The molecule has 1 saturated carbocycles. The van der Waals surface area contributed by atoms with Crippen molar-refractivity contribution in [1.29, 1.82) is 0 Å². The van der Waals surface area contributed by atoms with Crippen LogP contribution in [0.5, 0.6) is 0 Å². The van der Waals surface area contributed by atoms with E-state index in [0.29, 0.717) is 69.8 Å². The number of rotatable bonds is 9. The van der Waals surface area contributed by atoms with E-state index in [1.54, 1.807) is 48.0 Å². The molecule has 69 heavy (non-hydrogen) atoms. The highest BCUT2D eigenvalue weighted by Crippen LogP contribution is 2.38. The van der Waals surface area contributed by atoms with Crippen LogP contribution < -0.4 is 0 Å². The number of Topliss-reactive ketones (excluding diaryl/α,β-unsaturated/α-hetero) is 3. The molecule has 3 aliphatic heterocycles. The number of methoxy groups -OCH3 is 3. The van der Waals surface area contributed by atoms with Crippen molar-refractivity contribution in [1.82, 2.24) is 4.90 Å². The maximum Gasteiger partial charge on any atom is 0.329 e. The molecule has 0 aromatic rings. The number of amides is 1. The average Bonchev–Trinajstić information content (AvgIpc) is 3.31. The number of nitrogens with zero attached hydrogens (tertiary/aromatic N) is 1. The summed E-state index contributed by atoms with van der Waals surface area (Å²) in [5.74, 6) is -9.69. The Morgan fingerprint density at radius 1 is 0.870 bits per heavy atom. The van der Waals surface area contributed by atoms with Crippen LogP contribution in [-0.2, 0) is 57.2 Å². The summed E-state index contributed by atoms with van der Waals surface area (Å²) >= 11 is 0. The number of aliphatic carboxylic acids is 1. The predicted octanol–water partition coefficient (Wildman–Crippen LogP) is 6.29. The van der Waals surface area contributed by atoms with Gasteiger partial charge in [-0.3, -0.25) is 19.2 Å². The van der Waals surface area contributed by atoms with Gasteiger partial charge in [-0.15, -0.1) is 0 Å². The number of carboxylic acid groups (broad SMARTS) is 1. The van der Waals surface area contributed by atoms with Crippen molar-refractivity contribution >= 4 is 35.2 Å². The van der Waals surface area contributed by atoms with Crippen molar-refractivity contribution in [3.8, 4) is 0 Å². The molecule has 3 heterocycles. The van der Waals surface area contributed by atoms with Gasteiger partial charge in [0.15, 0.2) is 5.78 Å². The van der Waals surface area contributed by atoms with Gasteiger partial charge in [0.2, 0.25) is 5.79 Å². The van der Waals surface area contributed by atoms with Crippen LogP contribution in [0.25, 0.3) is 0 Å². The smallest absolute Gasteiger partial charge is 0.329 e. The Labute approximate surface area is 409 Å². The molecule has 4 rings (SSSR count). The van der Waals surface area contributed by atoms with Crippen LogP contribution in [0.15, 0.2) is 47.6 Å². The third kappa shape index (κ3) is 15.8. The van der Waals surface area contributed by atoms with Crippen LogP contribution in [0.3, 0.4) is 0 Å². The van der Waals surface area contributed by atoms with E-state index in [0.717, 1.165) is 5.57 Å². The fourth-order valence-electron chi connectivity index (χ4n) is 10.5. The zero-order chi connectivity index (χ0) is 51.2.